The largest absolute Gasteiger partial charge is 0.350 e. The molecule has 0 spiro atoms. The summed E-state index contributed by atoms with van der Waals surface area (Å²) in [7, 11) is 0. The van der Waals surface area contributed by atoms with Crippen LogP contribution < -0.4 is 5.32 Å². The van der Waals surface area contributed by atoms with Crippen LogP contribution in [0, 0.1) is 28.8 Å². The van der Waals surface area contributed by atoms with Crippen LogP contribution in [0.25, 0.3) is 0 Å². The van der Waals surface area contributed by atoms with Gasteiger partial charge in [-0.2, -0.15) is 5.26 Å². The van der Waals surface area contributed by atoms with Crippen molar-refractivity contribution in [2.45, 2.75) is 0 Å². The van der Waals surface area contributed by atoms with Gasteiger partial charge in [-0.15, -0.1) is 0 Å². The van der Waals surface area contributed by atoms with Crippen molar-refractivity contribution in [3.05, 3.63) is 57.8 Å². The molecule has 0 saturated heterocycles. The first-order chi connectivity index (χ1) is 9.01. The minimum atomic E-state index is -0.819. The number of benzene rings is 2. The summed E-state index contributed by atoms with van der Waals surface area (Å²) in [6.45, 7) is 0. The minimum Gasteiger partial charge on any atom is -0.350 e. The van der Waals surface area contributed by atoms with Gasteiger partial charge in [-0.05, 0) is 30.3 Å². The number of rotatable bonds is 2. The van der Waals surface area contributed by atoms with E-state index >= 15 is 0 Å². The second kappa shape index (κ2) is 5.33. The first-order valence-corrected chi connectivity index (χ1v) is 5.92. The predicted octanol–water partition coefficient (Wildman–Crippen LogP) is 4.48. The van der Waals surface area contributed by atoms with Crippen LogP contribution in [0.2, 0.25) is 0 Å². The lowest BCUT2D eigenvalue weighted by Gasteiger charge is -2.10. The van der Waals surface area contributed by atoms with Crippen LogP contribution in [-0.2, 0) is 0 Å². The van der Waals surface area contributed by atoms with Crippen molar-refractivity contribution in [1.29, 1.82) is 5.26 Å². The molecule has 96 valence electrons. The van der Waals surface area contributed by atoms with E-state index < -0.39 is 23.1 Å². The Kier molecular flexibility index (Phi) is 3.76. The summed E-state index contributed by atoms with van der Waals surface area (Å²) in [5, 5.41) is 11.3. The Labute approximate surface area is 115 Å². The zero-order chi connectivity index (χ0) is 14.0. The first kappa shape index (κ1) is 13.4. The number of halogens is 4. The molecule has 0 aromatic heterocycles. The Bertz CT molecular complexity index is 657. The third-order valence-electron chi connectivity index (χ3n) is 2.37. The van der Waals surface area contributed by atoms with E-state index in [9.17, 15) is 13.2 Å². The molecule has 2 rings (SSSR count). The molecule has 0 atom stereocenters. The molecule has 2 aromatic rings. The molecule has 0 bridgehead atoms. The molecule has 2 aromatic carbocycles. The van der Waals surface area contributed by atoms with Crippen LogP contribution in [0.3, 0.4) is 0 Å². The highest BCUT2D eigenvalue weighted by Gasteiger charge is 2.13. The van der Waals surface area contributed by atoms with Crippen LogP contribution in [0.5, 0.6) is 0 Å². The normalized spacial score (nSPS) is 10.1. The topological polar surface area (TPSA) is 35.8 Å². The number of nitrogens with zero attached hydrogens (tertiary/aromatic N) is 1. The lowest BCUT2D eigenvalue weighted by atomic mass is 10.1. The van der Waals surface area contributed by atoms with Crippen molar-refractivity contribution in [3.8, 4) is 6.07 Å². The molecule has 2 nitrogen and oxygen atoms in total. The lowest BCUT2D eigenvalue weighted by Crippen LogP contribution is -2.00. The summed E-state index contributed by atoms with van der Waals surface area (Å²) in [6, 6.07) is 7.24. The van der Waals surface area contributed by atoms with Gasteiger partial charge >= 0.3 is 0 Å². The third-order valence-corrected chi connectivity index (χ3v) is 2.83. The van der Waals surface area contributed by atoms with Gasteiger partial charge in [0, 0.05) is 4.47 Å². The molecule has 0 fully saturated rings. The lowest BCUT2D eigenvalue weighted by molar-refractivity contribution is 0.589. The van der Waals surface area contributed by atoms with Crippen molar-refractivity contribution in [2.75, 3.05) is 5.32 Å². The summed E-state index contributed by atoms with van der Waals surface area (Å²) in [5.74, 6) is -2.24. The summed E-state index contributed by atoms with van der Waals surface area (Å²) >= 11 is 2.96. The molecule has 0 amide bonds. The molecule has 0 heterocycles. The van der Waals surface area contributed by atoms with E-state index in [1.165, 1.54) is 6.07 Å². The maximum atomic E-state index is 13.6. The molecule has 0 unspecified atom stereocenters. The van der Waals surface area contributed by atoms with E-state index in [2.05, 4.69) is 21.2 Å². The van der Waals surface area contributed by atoms with E-state index in [4.69, 9.17) is 5.26 Å². The monoisotopic (exact) mass is 326 g/mol. The maximum Gasteiger partial charge on any atom is 0.150 e. The van der Waals surface area contributed by atoms with Gasteiger partial charge in [-0.1, -0.05) is 15.9 Å². The summed E-state index contributed by atoms with van der Waals surface area (Å²) in [5.41, 5.74) is -0.308. The minimum absolute atomic E-state index is 0.0401. The van der Waals surface area contributed by atoms with Crippen molar-refractivity contribution < 1.29 is 13.2 Å². The first-order valence-electron chi connectivity index (χ1n) is 5.12. The van der Waals surface area contributed by atoms with Gasteiger partial charge in [-0.3, -0.25) is 0 Å². The van der Waals surface area contributed by atoms with E-state index in [-0.39, 0.29) is 15.7 Å². The molecule has 6 heteroatoms. The van der Waals surface area contributed by atoms with Crippen LogP contribution >= 0.6 is 15.9 Å². The molecule has 0 saturated carbocycles. The van der Waals surface area contributed by atoms with E-state index in [0.717, 1.165) is 24.3 Å². The van der Waals surface area contributed by atoms with Crippen LogP contribution in [-0.4, -0.2) is 0 Å². The maximum absolute atomic E-state index is 13.6. The van der Waals surface area contributed by atoms with E-state index in [1.54, 1.807) is 6.07 Å². The highest BCUT2D eigenvalue weighted by Crippen LogP contribution is 2.28. The van der Waals surface area contributed by atoms with E-state index in [0.29, 0.717) is 0 Å². The molecule has 19 heavy (non-hydrogen) atoms. The predicted molar refractivity (Wildman–Crippen MR) is 68.5 cm³/mol. The number of hydrogen-bond acceptors (Lipinski definition) is 2. The number of nitriles is 1. The second-order valence-corrected chi connectivity index (χ2v) is 4.59. The van der Waals surface area contributed by atoms with Gasteiger partial charge in [-0.25, -0.2) is 13.2 Å². The fourth-order valence-electron chi connectivity index (χ4n) is 1.51. The standard InChI is InChI=1S/C13H6BrF3N2/c14-8-4-10(16)13(11(17)5-8)19-12-2-1-9(15)3-7(12)6-18/h1-5,19H. The Hall–Kier alpha value is -2.00. The van der Waals surface area contributed by atoms with Crippen molar-refractivity contribution in [1.82, 2.24) is 0 Å². The van der Waals surface area contributed by atoms with Gasteiger partial charge < -0.3 is 5.32 Å². The molecule has 0 aliphatic rings. The molecular formula is C13H6BrF3N2. The zero-order valence-electron chi connectivity index (χ0n) is 9.35. The number of hydrogen-bond donors (Lipinski definition) is 1. The van der Waals surface area contributed by atoms with Crippen LogP contribution in [0.4, 0.5) is 24.5 Å². The Morgan fingerprint density at radius 1 is 1.05 bits per heavy atom. The summed E-state index contributed by atoms with van der Waals surface area (Å²) < 4.78 is 40.5. The highest BCUT2D eigenvalue weighted by atomic mass is 79.9. The fourth-order valence-corrected chi connectivity index (χ4v) is 1.92. The Morgan fingerprint density at radius 2 is 1.68 bits per heavy atom. The van der Waals surface area contributed by atoms with Gasteiger partial charge in [0.15, 0.2) is 11.6 Å². The molecule has 0 aliphatic carbocycles. The van der Waals surface area contributed by atoms with Gasteiger partial charge in [0.05, 0.1) is 11.3 Å². The SMILES string of the molecule is N#Cc1cc(F)ccc1Nc1c(F)cc(Br)cc1F. The average molecular weight is 327 g/mol. The highest BCUT2D eigenvalue weighted by molar-refractivity contribution is 9.10. The molecule has 0 radical (unpaired) electrons. The molecule has 1 N–H and O–H groups in total. The average Bonchev–Trinajstić information content (AvgIpc) is 2.35. The molecule has 0 aliphatic heterocycles. The third kappa shape index (κ3) is 2.88. The fraction of sp³-hybridized carbons (Fsp3) is 0. The summed E-state index contributed by atoms with van der Waals surface area (Å²) in [6.07, 6.45) is 0. The number of nitrogens with one attached hydrogen (secondary N) is 1. The Morgan fingerprint density at radius 3 is 2.26 bits per heavy atom. The van der Waals surface area contributed by atoms with Crippen molar-refractivity contribution in [2.24, 2.45) is 0 Å². The van der Waals surface area contributed by atoms with E-state index in [1.807, 2.05) is 0 Å². The quantitative estimate of drug-likeness (QED) is 0.883. The Balaban J connectivity index is 2.45. The van der Waals surface area contributed by atoms with Gasteiger partial charge in [0.25, 0.3) is 0 Å². The smallest absolute Gasteiger partial charge is 0.150 e. The molecular weight excluding hydrogens is 321 g/mol. The summed E-state index contributed by atoms with van der Waals surface area (Å²) in [4.78, 5) is 0. The number of anilines is 2. The second-order valence-electron chi connectivity index (χ2n) is 3.67. The van der Waals surface area contributed by atoms with Crippen molar-refractivity contribution in [3.63, 3.8) is 0 Å². The van der Waals surface area contributed by atoms with Gasteiger partial charge in [0.1, 0.15) is 17.6 Å². The van der Waals surface area contributed by atoms with Crippen LogP contribution in [0.1, 0.15) is 5.56 Å². The van der Waals surface area contributed by atoms with Crippen LogP contribution in [0.15, 0.2) is 34.8 Å². The van der Waals surface area contributed by atoms with Gasteiger partial charge in [0.2, 0.25) is 0 Å². The zero-order valence-corrected chi connectivity index (χ0v) is 10.9. The van der Waals surface area contributed by atoms with Crippen molar-refractivity contribution >= 4 is 27.3 Å².